The van der Waals surface area contributed by atoms with Crippen LogP contribution in [0.2, 0.25) is 0 Å². The van der Waals surface area contributed by atoms with Gasteiger partial charge in [0.1, 0.15) is 11.4 Å². The highest BCUT2D eigenvalue weighted by Crippen LogP contribution is 2.69. The first-order valence-corrected chi connectivity index (χ1v) is 10.4. The number of hydrogen-bond acceptors (Lipinski definition) is 4. The lowest BCUT2D eigenvalue weighted by atomic mass is 9.46. The third-order valence-electron chi connectivity index (χ3n) is 9.20. The average Bonchev–Trinajstić information content (AvgIpc) is 3.09. The second kappa shape index (κ2) is 5.21. The molecule has 0 bridgehead atoms. The van der Waals surface area contributed by atoms with E-state index in [2.05, 4.69) is 19.9 Å². The Morgan fingerprint density at radius 1 is 1.15 bits per heavy atom. The van der Waals surface area contributed by atoms with Crippen LogP contribution in [0.4, 0.5) is 0 Å². The van der Waals surface area contributed by atoms with Crippen LogP contribution >= 0.6 is 0 Å². The number of rotatable bonds is 0. The number of ether oxygens (including phenoxy) is 1. The van der Waals surface area contributed by atoms with Gasteiger partial charge in [0.2, 0.25) is 0 Å². The van der Waals surface area contributed by atoms with Crippen molar-refractivity contribution in [3.8, 4) is 0 Å². The minimum Gasteiger partial charge on any atom is -0.458 e. The van der Waals surface area contributed by atoms with Crippen molar-refractivity contribution >= 4 is 11.8 Å². The molecule has 0 aromatic carbocycles. The molecule has 3 saturated carbocycles. The molecule has 0 aromatic rings. The Hall–Kier alpha value is -1.16. The van der Waals surface area contributed by atoms with Crippen LogP contribution in [0.3, 0.4) is 0 Å². The summed E-state index contributed by atoms with van der Waals surface area (Å²) in [5.74, 6) is 1.45. The van der Waals surface area contributed by atoms with E-state index in [-0.39, 0.29) is 34.4 Å². The van der Waals surface area contributed by atoms with Crippen molar-refractivity contribution in [2.24, 2.45) is 28.6 Å². The maximum atomic E-state index is 12.0. The van der Waals surface area contributed by atoms with Gasteiger partial charge in [-0.05, 0) is 61.7 Å². The van der Waals surface area contributed by atoms with E-state index in [9.17, 15) is 14.7 Å². The Labute approximate surface area is 155 Å². The predicted molar refractivity (Wildman–Crippen MR) is 96.2 cm³/mol. The summed E-state index contributed by atoms with van der Waals surface area (Å²) in [5, 5.41) is 11.3. The maximum Gasteiger partial charge on any atom is 0.306 e. The lowest BCUT2D eigenvalue weighted by Gasteiger charge is -2.60. The van der Waals surface area contributed by atoms with Gasteiger partial charge in [-0.3, -0.25) is 9.59 Å². The number of fused-ring (bicyclic) bond motifs is 6. The summed E-state index contributed by atoms with van der Waals surface area (Å²) in [6, 6.07) is 0. The van der Waals surface area contributed by atoms with E-state index in [1.807, 2.05) is 0 Å². The summed E-state index contributed by atoms with van der Waals surface area (Å²) in [7, 11) is 0. The topological polar surface area (TPSA) is 63.6 Å². The predicted octanol–water partition coefficient (Wildman–Crippen LogP) is 3.56. The fourth-order valence-corrected chi connectivity index (χ4v) is 7.89. The SMILES string of the molecule is C[C@]12CCC(=O)CC1=CCC1C2[C@H](O)C[C@@]2(C)C1CC[C@@]21CCC(=O)O1. The van der Waals surface area contributed by atoms with Gasteiger partial charge >= 0.3 is 5.97 Å². The smallest absolute Gasteiger partial charge is 0.306 e. The molecule has 1 aliphatic heterocycles. The molecule has 4 aliphatic carbocycles. The van der Waals surface area contributed by atoms with Gasteiger partial charge in [0.15, 0.2) is 0 Å². The van der Waals surface area contributed by atoms with Gasteiger partial charge in [-0.15, -0.1) is 0 Å². The van der Waals surface area contributed by atoms with E-state index in [1.165, 1.54) is 5.57 Å². The minimum absolute atomic E-state index is 0.0420. The Morgan fingerprint density at radius 3 is 2.69 bits per heavy atom. The van der Waals surface area contributed by atoms with Gasteiger partial charge in [-0.2, -0.15) is 0 Å². The van der Waals surface area contributed by atoms with Crippen molar-refractivity contribution in [3.63, 3.8) is 0 Å². The van der Waals surface area contributed by atoms with Crippen LogP contribution in [0.5, 0.6) is 0 Å². The number of aliphatic hydroxyl groups excluding tert-OH is 1. The fourth-order valence-electron chi connectivity index (χ4n) is 7.89. The summed E-state index contributed by atoms with van der Waals surface area (Å²) in [6.07, 6.45) is 9.11. The van der Waals surface area contributed by atoms with Crippen LogP contribution in [0.15, 0.2) is 11.6 Å². The average molecular weight is 358 g/mol. The van der Waals surface area contributed by atoms with Crippen LogP contribution in [0.1, 0.15) is 71.6 Å². The van der Waals surface area contributed by atoms with Gasteiger partial charge in [-0.25, -0.2) is 0 Å². The number of esters is 1. The molecule has 5 rings (SSSR count). The zero-order chi connectivity index (χ0) is 18.3. The maximum absolute atomic E-state index is 12.0. The Bertz CT molecular complexity index is 711. The molecule has 0 aromatic heterocycles. The molecule has 7 atom stereocenters. The minimum atomic E-state index is -0.377. The zero-order valence-corrected chi connectivity index (χ0v) is 15.9. The first-order chi connectivity index (χ1) is 12.3. The first kappa shape index (κ1) is 17.0. The number of carbonyl (C=O) groups excluding carboxylic acids is 2. The molecule has 0 amide bonds. The largest absolute Gasteiger partial charge is 0.458 e. The van der Waals surface area contributed by atoms with E-state index < -0.39 is 0 Å². The first-order valence-electron chi connectivity index (χ1n) is 10.4. The lowest BCUT2D eigenvalue weighted by molar-refractivity contribution is -0.182. The second-order valence-electron chi connectivity index (χ2n) is 10.1. The molecule has 1 N–H and O–H groups in total. The van der Waals surface area contributed by atoms with Crippen LogP contribution in [0, 0.1) is 28.6 Å². The quantitative estimate of drug-likeness (QED) is 0.531. The van der Waals surface area contributed by atoms with Gasteiger partial charge in [-0.1, -0.05) is 25.5 Å². The third-order valence-corrected chi connectivity index (χ3v) is 9.20. The van der Waals surface area contributed by atoms with Crippen molar-refractivity contribution in [1.82, 2.24) is 0 Å². The highest BCUT2D eigenvalue weighted by Gasteiger charge is 2.68. The number of hydrogen-bond donors (Lipinski definition) is 1. The van der Waals surface area contributed by atoms with Crippen LogP contribution in [-0.4, -0.2) is 28.6 Å². The Morgan fingerprint density at radius 2 is 1.96 bits per heavy atom. The molecule has 4 fully saturated rings. The van der Waals surface area contributed by atoms with E-state index in [1.54, 1.807) is 0 Å². The summed E-state index contributed by atoms with van der Waals surface area (Å²) in [4.78, 5) is 23.9. The molecule has 4 nitrogen and oxygen atoms in total. The standard InChI is InChI=1S/C22H30O4/c1-20-8-5-14(23)11-13(20)3-4-15-16-6-9-22(10-7-18(25)26-22)21(16,2)12-17(24)19(15)20/h3,15-17,19,24H,4-12H2,1-2H3/t15?,16?,17-,19?,20+,21+,22-/m1/s1. The van der Waals surface area contributed by atoms with E-state index in [0.29, 0.717) is 36.9 Å². The monoisotopic (exact) mass is 358 g/mol. The summed E-state index contributed by atoms with van der Waals surface area (Å²) in [6.45, 7) is 4.56. The molecular formula is C22H30O4. The molecule has 3 unspecified atom stereocenters. The molecule has 1 saturated heterocycles. The Kier molecular flexibility index (Phi) is 3.40. The molecular weight excluding hydrogens is 328 g/mol. The number of allylic oxidation sites excluding steroid dienone is 2. The summed E-state index contributed by atoms with van der Waals surface area (Å²) < 4.78 is 5.95. The molecule has 0 radical (unpaired) electrons. The van der Waals surface area contributed by atoms with Crippen molar-refractivity contribution in [1.29, 1.82) is 0 Å². The normalized spacial score (nSPS) is 53.0. The molecule has 26 heavy (non-hydrogen) atoms. The van der Waals surface area contributed by atoms with Crippen molar-refractivity contribution in [2.75, 3.05) is 0 Å². The van der Waals surface area contributed by atoms with E-state index >= 15 is 0 Å². The third kappa shape index (κ3) is 1.95. The van der Waals surface area contributed by atoms with Crippen molar-refractivity contribution < 1.29 is 19.4 Å². The molecule has 5 aliphatic rings. The number of ketones is 1. The van der Waals surface area contributed by atoms with E-state index in [0.717, 1.165) is 38.5 Å². The Balaban J connectivity index is 1.54. The molecule has 4 heteroatoms. The zero-order valence-electron chi connectivity index (χ0n) is 15.9. The number of carbonyl (C=O) groups is 2. The van der Waals surface area contributed by atoms with Gasteiger partial charge in [0.05, 0.1) is 6.10 Å². The second-order valence-corrected chi connectivity index (χ2v) is 10.1. The highest BCUT2D eigenvalue weighted by molar-refractivity contribution is 5.82. The van der Waals surface area contributed by atoms with Gasteiger partial charge in [0.25, 0.3) is 0 Å². The van der Waals surface area contributed by atoms with Crippen LogP contribution < -0.4 is 0 Å². The van der Waals surface area contributed by atoms with Crippen molar-refractivity contribution in [3.05, 3.63) is 11.6 Å². The van der Waals surface area contributed by atoms with Gasteiger partial charge in [0, 0.05) is 24.7 Å². The number of aliphatic hydroxyl groups is 1. The lowest BCUT2D eigenvalue weighted by Crippen LogP contribution is -2.59. The summed E-state index contributed by atoms with van der Waals surface area (Å²) in [5.41, 5.74) is 0.761. The van der Waals surface area contributed by atoms with Crippen LogP contribution in [0.25, 0.3) is 0 Å². The van der Waals surface area contributed by atoms with Crippen molar-refractivity contribution in [2.45, 2.75) is 83.3 Å². The fraction of sp³-hybridized carbons (Fsp3) is 0.818. The number of Topliss-reactive ketones (excluding diaryl/α,β-unsaturated/α-hetero) is 1. The molecule has 1 spiro atoms. The molecule has 142 valence electrons. The van der Waals surface area contributed by atoms with Crippen LogP contribution in [-0.2, 0) is 14.3 Å². The molecule has 1 heterocycles. The van der Waals surface area contributed by atoms with Gasteiger partial charge < -0.3 is 9.84 Å². The highest BCUT2D eigenvalue weighted by atomic mass is 16.6. The van der Waals surface area contributed by atoms with E-state index in [4.69, 9.17) is 4.74 Å². The summed E-state index contributed by atoms with van der Waals surface area (Å²) >= 11 is 0.